The van der Waals surface area contributed by atoms with Gasteiger partial charge >= 0.3 is 0 Å². The second kappa shape index (κ2) is 2.94. The van der Waals surface area contributed by atoms with Crippen molar-refractivity contribution in [2.24, 2.45) is 0 Å². The van der Waals surface area contributed by atoms with Crippen molar-refractivity contribution >= 4 is 81.4 Å². The molecule has 0 atom stereocenters. The van der Waals surface area contributed by atoms with Gasteiger partial charge in [0.15, 0.2) is 0 Å². The average molecular weight is 288 g/mol. The monoisotopic (exact) mass is 286 g/mol. The van der Waals surface area contributed by atoms with E-state index in [1.165, 1.54) is 0 Å². The molecule has 0 aromatic rings. The summed E-state index contributed by atoms with van der Waals surface area (Å²) in [5, 5.41) is 0. The number of hydrogen-bond donors (Lipinski definition) is 0. The molecule has 0 unspecified atom stereocenters. The Hall–Kier alpha value is 2.24. The first-order valence-electron chi connectivity index (χ1n) is 2.71. The Bertz CT molecular complexity index is 104. The van der Waals surface area contributed by atoms with Crippen LogP contribution in [0, 0.1) is 0 Å². The number of rotatable bonds is 0. The Morgan fingerprint density at radius 2 is 1.11 bits per heavy atom. The van der Waals surface area contributed by atoms with E-state index >= 15 is 0 Å². The van der Waals surface area contributed by atoms with E-state index in [1.54, 1.807) is 0 Å². The van der Waals surface area contributed by atoms with Gasteiger partial charge in [0, 0.05) is 17.1 Å². The fraction of sp³-hybridized carbons (Fsp3) is 0. The summed E-state index contributed by atoms with van der Waals surface area (Å²) in [4.78, 5) is 0. The van der Waals surface area contributed by atoms with Gasteiger partial charge in [-0.2, -0.15) is 44.3 Å². The molecular formula is H6Cl4Si5. The maximum Gasteiger partial charge on any atom is 0.247 e. The predicted octanol–water partition coefficient (Wildman–Crippen LogP) is -0.752. The minimum Gasteiger partial charge on any atom is -0.152 e. The SMILES string of the molecule is Cl[Si]1(Cl)[SiH2][SiH2][SiH2][Si]1(Cl)Cl. The van der Waals surface area contributed by atoms with Crippen LogP contribution >= 0.6 is 44.3 Å². The maximum absolute atomic E-state index is 6.09. The summed E-state index contributed by atoms with van der Waals surface area (Å²) in [6.45, 7) is 0. The highest BCUT2D eigenvalue weighted by atomic mass is 35.8. The van der Waals surface area contributed by atoms with Gasteiger partial charge in [-0.1, -0.05) is 0 Å². The van der Waals surface area contributed by atoms with E-state index < -0.39 is 11.5 Å². The molecule has 1 aliphatic heterocycles. The molecule has 0 aromatic carbocycles. The van der Waals surface area contributed by atoms with Crippen LogP contribution in [0.15, 0.2) is 0 Å². The fourth-order valence-corrected chi connectivity index (χ4v) is 218. The van der Waals surface area contributed by atoms with Crippen LogP contribution in [0.25, 0.3) is 0 Å². The molecule has 54 valence electrons. The molecule has 0 spiro atoms. The molecule has 0 radical (unpaired) electrons. The summed E-state index contributed by atoms with van der Waals surface area (Å²) in [6.07, 6.45) is 0. The summed E-state index contributed by atoms with van der Waals surface area (Å²) in [5.41, 5.74) is -3.78. The lowest BCUT2D eigenvalue weighted by atomic mass is 26.3. The van der Waals surface area contributed by atoms with Crippen LogP contribution < -0.4 is 0 Å². The molecule has 9 heteroatoms. The normalized spacial score (nSPS) is 38.7. The Labute approximate surface area is 80.8 Å². The van der Waals surface area contributed by atoms with E-state index in [0.29, 0.717) is 0 Å². The van der Waals surface area contributed by atoms with Crippen LogP contribution in [0.1, 0.15) is 0 Å². The van der Waals surface area contributed by atoms with Gasteiger partial charge < -0.3 is 0 Å². The molecular weight excluding hydrogens is 282 g/mol. The first-order valence-corrected chi connectivity index (χ1v) is 24.4. The van der Waals surface area contributed by atoms with Crippen LogP contribution in [-0.2, 0) is 0 Å². The smallest absolute Gasteiger partial charge is 0.152 e. The third kappa shape index (κ3) is 1.88. The van der Waals surface area contributed by atoms with E-state index in [0.717, 1.165) is 0 Å². The lowest BCUT2D eigenvalue weighted by Gasteiger charge is -2.18. The zero-order valence-corrected chi connectivity index (χ0v) is 13.9. The molecule has 0 N–H and O–H groups in total. The van der Waals surface area contributed by atoms with Crippen LogP contribution in [0.5, 0.6) is 0 Å². The van der Waals surface area contributed by atoms with Crippen LogP contribution in [0.2, 0.25) is 0 Å². The van der Waals surface area contributed by atoms with E-state index in [2.05, 4.69) is 0 Å². The zero-order chi connectivity index (χ0) is 7.12. The van der Waals surface area contributed by atoms with E-state index in [-0.39, 0.29) is 25.7 Å². The third-order valence-corrected chi connectivity index (χ3v) is 123. The summed E-state index contributed by atoms with van der Waals surface area (Å²) >= 11 is 24.4. The molecule has 0 bridgehead atoms. The standard InChI is InChI=1S/Cl4H6Si5/c1-8(2)6-5-7-9(8,3)4/h5-7H2. The molecule has 0 aromatic heterocycles. The van der Waals surface area contributed by atoms with Gasteiger partial charge in [0.2, 0.25) is 11.5 Å². The minimum absolute atomic E-state index is 0.0648. The van der Waals surface area contributed by atoms with Crippen molar-refractivity contribution in [3.63, 3.8) is 0 Å². The Kier molecular flexibility index (Phi) is 3.05. The lowest BCUT2D eigenvalue weighted by Crippen LogP contribution is -2.48. The van der Waals surface area contributed by atoms with Gasteiger partial charge in [-0.3, -0.25) is 0 Å². The molecule has 1 heterocycles. The fourth-order valence-electron chi connectivity index (χ4n) is 0.898. The topological polar surface area (TPSA) is 0 Å². The maximum atomic E-state index is 6.09. The number of hydrogen-bond acceptors (Lipinski definition) is 0. The predicted molar refractivity (Wildman–Crippen MR) is 60.6 cm³/mol. The van der Waals surface area contributed by atoms with Gasteiger partial charge in [0.1, 0.15) is 0 Å². The zero-order valence-electron chi connectivity index (χ0n) is 4.63. The molecule has 0 nitrogen and oxygen atoms in total. The van der Waals surface area contributed by atoms with Gasteiger partial charge in [0.05, 0.1) is 0 Å². The summed E-state index contributed by atoms with van der Waals surface area (Å²) < 4.78 is 0. The molecule has 1 fully saturated rings. The second-order valence-electron chi connectivity index (χ2n) is 2.26. The highest BCUT2D eigenvalue weighted by molar-refractivity contribution is 8.22. The first kappa shape index (κ1) is 9.33. The largest absolute Gasteiger partial charge is 0.247 e. The summed E-state index contributed by atoms with van der Waals surface area (Å²) in [6, 6.07) is 0. The molecule has 0 amide bonds. The highest BCUT2D eigenvalue weighted by Crippen LogP contribution is 2.34. The molecule has 1 saturated heterocycles. The quantitative estimate of drug-likeness (QED) is 0.406. The summed E-state index contributed by atoms with van der Waals surface area (Å²) in [7, 11) is 0.0787. The average Bonchev–Trinajstić information content (AvgIpc) is 1.81. The highest BCUT2D eigenvalue weighted by Gasteiger charge is 2.56. The third-order valence-electron chi connectivity index (χ3n) is 1.52. The molecule has 9 heavy (non-hydrogen) atoms. The molecule has 1 rings (SSSR count). The molecule has 0 aliphatic carbocycles. The van der Waals surface area contributed by atoms with Crippen molar-refractivity contribution in [2.45, 2.75) is 0 Å². The van der Waals surface area contributed by atoms with E-state index in [4.69, 9.17) is 44.3 Å². The van der Waals surface area contributed by atoms with Gasteiger partial charge in [-0.25, -0.2) is 0 Å². The van der Waals surface area contributed by atoms with Gasteiger partial charge in [-0.05, 0) is 8.55 Å². The summed E-state index contributed by atoms with van der Waals surface area (Å²) in [5.74, 6) is 0. The number of halogens is 4. The van der Waals surface area contributed by atoms with Crippen LogP contribution in [-0.4, -0.2) is 37.1 Å². The molecule has 1 aliphatic rings. The Morgan fingerprint density at radius 3 is 1.22 bits per heavy atom. The Morgan fingerprint density at radius 1 is 0.778 bits per heavy atom. The van der Waals surface area contributed by atoms with Crippen molar-refractivity contribution in [2.75, 3.05) is 0 Å². The Balaban J connectivity index is 2.75. The first-order chi connectivity index (χ1) is 3.96. The van der Waals surface area contributed by atoms with Crippen LogP contribution in [0.4, 0.5) is 0 Å². The minimum atomic E-state index is -1.89. The molecule has 0 saturated carbocycles. The second-order valence-corrected chi connectivity index (χ2v) is 61.1. The van der Waals surface area contributed by atoms with Crippen molar-refractivity contribution in [3.05, 3.63) is 0 Å². The van der Waals surface area contributed by atoms with Crippen molar-refractivity contribution in [3.8, 4) is 0 Å². The van der Waals surface area contributed by atoms with Crippen molar-refractivity contribution in [1.82, 2.24) is 0 Å². The van der Waals surface area contributed by atoms with Crippen molar-refractivity contribution < 1.29 is 0 Å². The van der Waals surface area contributed by atoms with Crippen molar-refractivity contribution in [1.29, 1.82) is 0 Å². The van der Waals surface area contributed by atoms with Crippen LogP contribution in [0.3, 0.4) is 0 Å². The van der Waals surface area contributed by atoms with E-state index in [9.17, 15) is 0 Å². The van der Waals surface area contributed by atoms with Gasteiger partial charge in [-0.15, -0.1) is 0 Å². The van der Waals surface area contributed by atoms with E-state index in [1.807, 2.05) is 0 Å². The lowest BCUT2D eigenvalue weighted by molar-refractivity contribution is 3.48. The van der Waals surface area contributed by atoms with Gasteiger partial charge in [0.25, 0.3) is 0 Å².